The summed E-state index contributed by atoms with van der Waals surface area (Å²) in [4.78, 5) is 15.3. The van der Waals surface area contributed by atoms with Gasteiger partial charge in [0.1, 0.15) is 30.4 Å². The van der Waals surface area contributed by atoms with E-state index in [-0.39, 0.29) is 42.3 Å². The number of carbonyl (C=O) groups excluding carboxylic acids is 1. The zero-order valence-corrected chi connectivity index (χ0v) is 18.6. The van der Waals surface area contributed by atoms with Gasteiger partial charge in [0.2, 0.25) is 0 Å². The number of benzene rings is 1. The van der Waals surface area contributed by atoms with Gasteiger partial charge in [0.05, 0.1) is 19.4 Å². The Balaban J connectivity index is 1.59. The number of aliphatic hydroxyl groups is 1. The fraction of sp³-hybridized carbons (Fsp3) is 0.636. The number of ether oxygens (including phenoxy) is 3. The summed E-state index contributed by atoms with van der Waals surface area (Å²) in [5, 5.41) is 8.79. The van der Waals surface area contributed by atoms with Crippen molar-refractivity contribution in [2.24, 2.45) is 13.0 Å². The first-order chi connectivity index (χ1) is 16.2. The zero-order chi connectivity index (χ0) is 24.8. The first-order valence-corrected chi connectivity index (χ1v) is 11.0. The van der Waals surface area contributed by atoms with Gasteiger partial charge in [0.15, 0.2) is 23.2 Å². The molecule has 1 aliphatic carbocycles. The smallest absolute Gasteiger partial charge is 0.297 e. The van der Waals surface area contributed by atoms with Crippen LogP contribution in [0.5, 0.6) is 11.8 Å². The van der Waals surface area contributed by atoms with E-state index in [1.807, 2.05) is 0 Å². The molecule has 0 amide bonds. The second-order valence-corrected chi connectivity index (χ2v) is 8.29. The predicted octanol–water partition coefficient (Wildman–Crippen LogP) is 3.74. The summed E-state index contributed by atoms with van der Waals surface area (Å²) in [6.07, 6.45) is -1.08. The first-order valence-electron chi connectivity index (χ1n) is 11.0. The molecule has 1 aromatic carbocycles. The summed E-state index contributed by atoms with van der Waals surface area (Å²) < 4.78 is 84.4. The monoisotopic (exact) mass is 494 g/mol. The summed E-state index contributed by atoms with van der Waals surface area (Å²) in [7, 11) is 1.42. The number of aliphatic hydroxyl groups excluding tert-OH is 1. The number of ketones is 1. The molecule has 1 saturated carbocycles. The van der Waals surface area contributed by atoms with Crippen LogP contribution in [0.15, 0.2) is 6.07 Å². The van der Waals surface area contributed by atoms with Gasteiger partial charge in [-0.05, 0) is 25.7 Å². The summed E-state index contributed by atoms with van der Waals surface area (Å²) in [6.45, 7) is -2.35. The van der Waals surface area contributed by atoms with Crippen LogP contribution in [0.4, 0.5) is 22.0 Å². The van der Waals surface area contributed by atoms with Crippen molar-refractivity contribution in [3.8, 4) is 11.8 Å². The van der Waals surface area contributed by atoms with Crippen LogP contribution in [0.1, 0.15) is 32.1 Å². The van der Waals surface area contributed by atoms with Gasteiger partial charge in [0, 0.05) is 25.5 Å². The van der Waals surface area contributed by atoms with E-state index in [1.165, 1.54) is 11.6 Å². The van der Waals surface area contributed by atoms with Gasteiger partial charge in [0.25, 0.3) is 12.4 Å². The Morgan fingerprint density at radius 1 is 1.21 bits per heavy atom. The standard InChI is InChI=1S/C22H27F5N2O5/c1-29-21-19(27)17(33-11-18(25)26)7-16(24)20(21)28-22(29)34-15-4-2-14(3-5-15)32-10-12(8-23)6-13(31)9-30/h7,12,14-15,18,30H,2-6,8-11H2,1H3/t12-,14?,15?/m0/s1. The van der Waals surface area contributed by atoms with Crippen molar-refractivity contribution in [3.05, 3.63) is 17.7 Å². The third kappa shape index (κ3) is 6.35. The Hall–Kier alpha value is -2.47. The number of carbonyl (C=O) groups is 1. The summed E-state index contributed by atoms with van der Waals surface area (Å²) in [5.74, 6) is -3.62. The van der Waals surface area contributed by atoms with Crippen molar-refractivity contribution < 1.29 is 46.1 Å². The summed E-state index contributed by atoms with van der Waals surface area (Å²) in [6, 6.07) is 0.654. The maximum atomic E-state index is 14.8. The first kappa shape index (κ1) is 26.1. The molecule has 0 bridgehead atoms. The van der Waals surface area contributed by atoms with Crippen molar-refractivity contribution in [1.29, 1.82) is 0 Å². The van der Waals surface area contributed by atoms with Gasteiger partial charge >= 0.3 is 0 Å². The minimum atomic E-state index is -2.84. The van der Waals surface area contributed by atoms with E-state index in [0.717, 1.165) is 0 Å². The number of Topliss-reactive ketones (excluding diaryl/α,β-unsaturated/α-hetero) is 1. The molecule has 0 saturated heterocycles. The molecule has 0 radical (unpaired) electrons. The lowest BCUT2D eigenvalue weighted by Crippen LogP contribution is -2.30. The van der Waals surface area contributed by atoms with Gasteiger partial charge in [-0.15, -0.1) is 0 Å². The SMILES string of the molecule is Cn1c(OC2CCC(OC[C@H](CF)CC(=O)CO)CC2)nc2c(F)cc(OCC(F)F)c(F)c21. The maximum absolute atomic E-state index is 14.8. The molecule has 0 spiro atoms. The number of imidazole rings is 1. The van der Waals surface area contributed by atoms with Crippen LogP contribution < -0.4 is 9.47 Å². The van der Waals surface area contributed by atoms with Gasteiger partial charge in [-0.3, -0.25) is 13.8 Å². The van der Waals surface area contributed by atoms with E-state index in [4.69, 9.17) is 14.6 Å². The Kier molecular flexibility index (Phi) is 9.06. The molecule has 1 N–H and O–H groups in total. The third-order valence-corrected chi connectivity index (χ3v) is 5.70. The molecule has 1 aromatic heterocycles. The third-order valence-electron chi connectivity index (χ3n) is 5.70. The van der Waals surface area contributed by atoms with Crippen LogP contribution in [-0.4, -0.2) is 65.6 Å². The lowest BCUT2D eigenvalue weighted by molar-refractivity contribution is -0.123. The summed E-state index contributed by atoms with van der Waals surface area (Å²) >= 11 is 0. The second-order valence-electron chi connectivity index (χ2n) is 8.29. The number of rotatable bonds is 12. The number of hydrogen-bond acceptors (Lipinski definition) is 6. The van der Waals surface area contributed by atoms with E-state index in [9.17, 15) is 26.7 Å². The minimum Gasteiger partial charge on any atom is -0.484 e. The lowest BCUT2D eigenvalue weighted by Gasteiger charge is -2.29. The largest absolute Gasteiger partial charge is 0.484 e. The molecule has 1 aliphatic rings. The van der Waals surface area contributed by atoms with Crippen LogP contribution in [0.2, 0.25) is 0 Å². The van der Waals surface area contributed by atoms with E-state index in [1.54, 1.807) is 0 Å². The number of aromatic nitrogens is 2. The van der Waals surface area contributed by atoms with E-state index >= 15 is 0 Å². The molecular formula is C22H27F5N2O5. The van der Waals surface area contributed by atoms with Gasteiger partial charge < -0.3 is 19.3 Å². The molecular weight excluding hydrogens is 467 g/mol. The quantitative estimate of drug-likeness (QED) is 0.453. The Morgan fingerprint density at radius 2 is 1.88 bits per heavy atom. The van der Waals surface area contributed by atoms with E-state index < -0.39 is 55.4 Å². The second kappa shape index (κ2) is 11.8. The van der Waals surface area contributed by atoms with Crippen molar-refractivity contribution in [1.82, 2.24) is 9.55 Å². The molecule has 12 heteroatoms. The van der Waals surface area contributed by atoms with Gasteiger partial charge in [-0.25, -0.2) is 17.6 Å². The fourth-order valence-corrected chi connectivity index (χ4v) is 3.91. The highest BCUT2D eigenvalue weighted by molar-refractivity contribution is 5.80. The minimum absolute atomic E-state index is 0.0248. The molecule has 1 atom stereocenters. The molecule has 1 fully saturated rings. The summed E-state index contributed by atoms with van der Waals surface area (Å²) in [5.41, 5.74) is -0.558. The predicted molar refractivity (Wildman–Crippen MR) is 111 cm³/mol. The molecule has 0 aliphatic heterocycles. The molecule has 7 nitrogen and oxygen atoms in total. The number of hydrogen-bond donors (Lipinski definition) is 1. The number of aryl methyl sites for hydroxylation is 1. The maximum Gasteiger partial charge on any atom is 0.297 e. The highest BCUT2D eigenvalue weighted by Crippen LogP contribution is 2.33. The van der Waals surface area contributed by atoms with Crippen molar-refractivity contribution >= 4 is 16.8 Å². The van der Waals surface area contributed by atoms with Gasteiger partial charge in [-0.1, -0.05) is 0 Å². The number of fused-ring (bicyclic) bond motifs is 1. The highest BCUT2D eigenvalue weighted by atomic mass is 19.3. The van der Waals surface area contributed by atoms with Crippen LogP contribution in [0, 0.1) is 17.6 Å². The molecule has 0 unspecified atom stereocenters. The highest BCUT2D eigenvalue weighted by Gasteiger charge is 2.27. The van der Waals surface area contributed by atoms with Crippen LogP contribution >= 0.6 is 0 Å². The number of alkyl halides is 3. The Bertz CT molecular complexity index is 978. The van der Waals surface area contributed by atoms with Crippen molar-refractivity contribution in [2.75, 3.05) is 26.5 Å². The number of halogens is 5. The average Bonchev–Trinajstić information content (AvgIpc) is 3.15. The van der Waals surface area contributed by atoms with Crippen LogP contribution in [0.25, 0.3) is 11.0 Å². The average molecular weight is 494 g/mol. The Morgan fingerprint density at radius 3 is 2.50 bits per heavy atom. The van der Waals surface area contributed by atoms with E-state index in [2.05, 4.69) is 9.72 Å². The number of nitrogens with zero attached hydrogens (tertiary/aromatic N) is 2. The van der Waals surface area contributed by atoms with Crippen LogP contribution in [0.3, 0.4) is 0 Å². The molecule has 34 heavy (non-hydrogen) atoms. The van der Waals surface area contributed by atoms with Gasteiger partial charge in [-0.2, -0.15) is 4.98 Å². The Labute approximate surface area is 192 Å². The topological polar surface area (TPSA) is 82.8 Å². The normalized spacial score (nSPS) is 19.5. The van der Waals surface area contributed by atoms with Crippen molar-refractivity contribution in [3.63, 3.8) is 0 Å². The molecule has 1 heterocycles. The van der Waals surface area contributed by atoms with Crippen LogP contribution in [-0.2, 0) is 16.6 Å². The fourth-order valence-electron chi connectivity index (χ4n) is 3.91. The zero-order valence-electron chi connectivity index (χ0n) is 18.6. The molecule has 3 rings (SSSR count). The molecule has 190 valence electrons. The van der Waals surface area contributed by atoms with Crippen molar-refractivity contribution in [2.45, 2.75) is 50.7 Å². The molecule has 2 aromatic rings. The van der Waals surface area contributed by atoms with E-state index in [0.29, 0.717) is 31.7 Å². The lowest BCUT2D eigenvalue weighted by atomic mass is 9.94.